The molecule has 0 nitrogen and oxygen atoms in total. The van der Waals surface area contributed by atoms with Gasteiger partial charge in [-0.05, 0) is 0 Å². The smallest absolute Gasteiger partial charge is 0 e. The molecule has 0 rings (SSSR count). The van der Waals surface area contributed by atoms with Gasteiger partial charge in [0.25, 0.3) is 0 Å². The van der Waals surface area contributed by atoms with Gasteiger partial charge in [0.1, 0.15) is 0 Å². The van der Waals surface area contributed by atoms with Gasteiger partial charge in [0, 0.05) is 19.5 Å². The Bertz CT molecular complexity index is 6.00. The third-order valence-corrected chi connectivity index (χ3v) is 0. The number of hydrogen-bond acceptors (Lipinski definition) is 0. The van der Waals surface area contributed by atoms with Gasteiger partial charge in [-0.3, -0.25) is 4.70 Å². The van der Waals surface area contributed by atoms with Gasteiger partial charge < -0.3 is 6.92 Å². The molecule has 0 unspecified atom stereocenters. The van der Waals surface area contributed by atoms with Crippen molar-refractivity contribution in [3.05, 3.63) is 6.92 Å². The second-order valence-corrected chi connectivity index (χ2v) is 0. The van der Waals surface area contributed by atoms with Crippen LogP contribution < -0.4 is 0 Å². The Kier molecular flexibility index (Phi) is 451. The van der Waals surface area contributed by atoms with Gasteiger partial charge >= 0.3 is 0 Å². The summed E-state index contributed by atoms with van der Waals surface area (Å²) in [6.45, 7) is 5.00. The number of halogens is 1. The van der Waals surface area contributed by atoms with Gasteiger partial charge in [0.15, 0.2) is 0 Å². The van der Waals surface area contributed by atoms with Crippen molar-refractivity contribution in [3.63, 3.8) is 0 Å². The summed E-state index contributed by atoms with van der Waals surface area (Å²) in [7, 11) is 0. The molecule has 0 saturated heterocycles. The van der Waals surface area contributed by atoms with E-state index in [1.165, 1.54) is 0 Å². The predicted molar refractivity (Wildman–Crippen MR) is 13.5 cm³/mol. The average molecular weight is 114 g/mol. The maximum Gasteiger partial charge on any atom is 0 e. The second kappa shape index (κ2) is 75.7. The quantitative estimate of drug-likeness (QED) is 0.325. The average Bonchev–Trinajstić information content (AvgIpc) is 1.00. The van der Waals surface area contributed by atoms with Crippen LogP contribution in [0.25, 0.3) is 0 Å². The first-order valence-electron chi connectivity index (χ1n) is 0.707. The van der Waals surface area contributed by atoms with Gasteiger partial charge in [-0.25, -0.2) is 0 Å². The molecule has 0 saturated carbocycles. The molecule has 0 aromatic carbocycles. The molecule has 2 heteroatoms. The molecule has 0 aromatic rings. The first-order valence-corrected chi connectivity index (χ1v) is 0.707. The minimum absolute atomic E-state index is 0. The van der Waals surface area contributed by atoms with Gasteiger partial charge in [-0.2, -0.15) is 6.92 Å². The van der Waals surface area contributed by atoms with Gasteiger partial charge in [0.05, 0.1) is 0 Å². The summed E-state index contributed by atoms with van der Waals surface area (Å²) in [6, 6.07) is 0. The fourth-order valence-corrected chi connectivity index (χ4v) is 0. The molecule has 0 fully saturated rings. The zero-order valence-corrected chi connectivity index (χ0v) is 5.79. The second-order valence-electron chi connectivity index (χ2n) is 0. The molecule has 0 amide bonds. The third-order valence-electron chi connectivity index (χ3n) is 0. The van der Waals surface area contributed by atoms with Gasteiger partial charge in [0.2, 0.25) is 0 Å². The Hall–Kier alpha value is 0.553. The van der Waals surface area contributed by atoms with Crippen LogP contribution in [-0.4, -0.2) is 0 Å². The molecular weight excluding hydrogens is 108 g/mol. The molecule has 4 heavy (non-hydrogen) atoms. The third kappa shape index (κ3) is 20.1. The van der Waals surface area contributed by atoms with E-state index in [1.807, 2.05) is 0 Å². The number of hydrogen-bond donors (Lipinski definition) is 0. The monoisotopic (exact) mass is 113 g/mol. The molecule has 0 bridgehead atoms. The predicted octanol–water partition coefficient (Wildman–Crippen LogP) is 0.990. The molecule has 0 heterocycles. The normalized spacial score (nSPS) is 1.50. The summed E-state index contributed by atoms with van der Waals surface area (Å²) in [5, 5.41) is 0. The van der Waals surface area contributed by atoms with Crippen LogP contribution in [0.3, 0.4) is 0 Å². The van der Waals surface area contributed by atoms with E-state index >= 15 is 0 Å². The van der Waals surface area contributed by atoms with Crippen molar-refractivity contribution in [1.82, 2.24) is 0 Å². The summed E-state index contributed by atoms with van der Waals surface area (Å²) < 4.78 is 0. The van der Waals surface area contributed by atoms with Gasteiger partial charge in [-0.1, -0.05) is 0 Å². The first-order chi connectivity index (χ1) is 1.00. The van der Waals surface area contributed by atoms with Crippen LogP contribution in [0.4, 0.5) is 4.70 Å². The summed E-state index contributed by atoms with van der Waals surface area (Å²) in [5.74, 6) is 0. The summed E-state index contributed by atoms with van der Waals surface area (Å²) >= 11 is 0. The van der Waals surface area contributed by atoms with Crippen LogP contribution >= 0.6 is 0 Å². The van der Waals surface area contributed by atoms with E-state index in [-0.39, 0.29) is 24.2 Å². The first kappa shape index (κ1) is 23.8. The van der Waals surface area contributed by atoms with Crippen LogP contribution in [-0.2, 0) is 19.5 Å². The largest absolute Gasteiger partial charge is 0.346 e. The van der Waals surface area contributed by atoms with E-state index in [4.69, 9.17) is 0 Å². The fourth-order valence-electron chi connectivity index (χ4n) is 0. The van der Waals surface area contributed by atoms with Crippen molar-refractivity contribution in [3.8, 4) is 0 Å². The Labute approximate surface area is 38.7 Å². The van der Waals surface area contributed by atoms with Crippen LogP contribution in [0.1, 0.15) is 6.92 Å². The molecule has 0 aliphatic heterocycles. The standard InChI is InChI=1S/C2H5.FH.Zn/c1-2;;/h1H2,2H3;1H;/q-1;;. The molecule has 0 spiro atoms. The Morgan fingerprint density at radius 1 is 1.25 bits per heavy atom. The minimum Gasteiger partial charge on any atom is -0.346 e. The van der Waals surface area contributed by atoms with Crippen molar-refractivity contribution in [1.29, 1.82) is 0 Å². The van der Waals surface area contributed by atoms with E-state index in [1.54, 1.807) is 6.92 Å². The van der Waals surface area contributed by atoms with Crippen molar-refractivity contribution < 1.29 is 24.2 Å². The molecule has 0 N–H and O–H groups in total. The topological polar surface area (TPSA) is 0 Å². The number of rotatable bonds is 0. The van der Waals surface area contributed by atoms with E-state index < -0.39 is 0 Å². The van der Waals surface area contributed by atoms with Crippen LogP contribution in [0.5, 0.6) is 0 Å². The van der Waals surface area contributed by atoms with Gasteiger partial charge in [-0.15, -0.1) is 0 Å². The SMILES string of the molecule is F.[CH2-]C.[Zn]. The molecule has 0 aliphatic carbocycles. The van der Waals surface area contributed by atoms with Crippen LogP contribution in [0.2, 0.25) is 0 Å². The van der Waals surface area contributed by atoms with Crippen LogP contribution in [0, 0.1) is 6.92 Å². The van der Waals surface area contributed by atoms with Crippen molar-refractivity contribution in [2.24, 2.45) is 0 Å². The Balaban J connectivity index is -0.00000000500. The van der Waals surface area contributed by atoms with E-state index in [9.17, 15) is 0 Å². The fraction of sp³-hybridized carbons (Fsp3) is 0.500. The zero-order valence-electron chi connectivity index (χ0n) is 2.82. The molecule has 24 valence electrons. The van der Waals surface area contributed by atoms with E-state index in [0.29, 0.717) is 0 Å². The molecule has 0 atom stereocenters. The zero-order chi connectivity index (χ0) is 2.00. The maximum absolute atomic E-state index is 3.25. The molecule has 0 aromatic heterocycles. The summed E-state index contributed by atoms with van der Waals surface area (Å²) in [6.07, 6.45) is 0. The maximum atomic E-state index is 3.25. The Morgan fingerprint density at radius 3 is 1.25 bits per heavy atom. The van der Waals surface area contributed by atoms with E-state index in [2.05, 4.69) is 6.92 Å². The van der Waals surface area contributed by atoms with Crippen LogP contribution in [0.15, 0.2) is 0 Å². The summed E-state index contributed by atoms with van der Waals surface area (Å²) in [4.78, 5) is 0. The van der Waals surface area contributed by atoms with Crippen molar-refractivity contribution in [2.45, 2.75) is 6.92 Å². The van der Waals surface area contributed by atoms with E-state index in [0.717, 1.165) is 0 Å². The molecule has 0 aliphatic rings. The van der Waals surface area contributed by atoms with Crippen molar-refractivity contribution >= 4 is 0 Å². The van der Waals surface area contributed by atoms with Crippen molar-refractivity contribution in [2.75, 3.05) is 0 Å². The Morgan fingerprint density at radius 2 is 1.25 bits per heavy atom. The molecular formula is C2H6FZn-. The minimum atomic E-state index is 0. The molecule has 0 radical (unpaired) electrons. The summed E-state index contributed by atoms with van der Waals surface area (Å²) in [5.41, 5.74) is 0.